The maximum atomic E-state index is 12.7. The number of hydrogen-bond donors (Lipinski definition) is 2. The summed E-state index contributed by atoms with van der Waals surface area (Å²) in [5.74, 6) is -1.21. The van der Waals surface area contributed by atoms with E-state index in [0.29, 0.717) is 21.8 Å². The highest BCUT2D eigenvalue weighted by Crippen LogP contribution is 2.15. The quantitative estimate of drug-likeness (QED) is 0.623. The molecule has 0 aliphatic rings. The molecule has 3 aromatic rings. The average Bonchev–Trinajstić information content (AvgIpc) is 2.72. The number of aromatic nitrogens is 2. The minimum atomic E-state index is -0.752. The molecule has 148 valence electrons. The molecule has 1 aromatic heterocycles. The molecule has 2 aromatic carbocycles. The number of carbonyl (C=O) groups excluding carboxylic acids is 2. The Morgan fingerprint density at radius 2 is 1.79 bits per heavy atom. The van der Waals surface area contributed by atoms with Crippen molar-refractivity contribution in [1.82, 2.24) is 9.55 Å². The molecule has 1 amide bonds. The average molecular weight is 414 g/mol. The lowest BCUT2D eigenvalue weighted by Gasteiger charge is -2.09. The van der Waals surface area contributed by atoms with Crippen LogP contribution in [0.3, 0.4) is 0 Å². The monoisotopic (exact) mass is 413 g/mol. The first-order valence-corrected chi connectivity index (χ1v) is 8.84. The predicted octanol–water partition coefficient (Wildman–Crippen LogP) is 2.28. The predicted molar refractivity (Wildman–Crippen MR) is 108 cm³/mol. The van der Waals surface area contributed by atoms with Gasteiger partial charge in [0.2, 0.25) is 0 Å². The van der Waals surface area contributed by atoms with Gasteiger partial charge in [0.1, 0.15) is 5.56 Å². The van der Waals surface area contributed by atoms with Gasteiger partial charge >= 0.3 is 11.7 Å². The highest BCUT2D eigenvalue weighted by Gasteiger charge is 2.16. The van der Waals surface area contributed by atoms with Crippen LogP contribution in [0.5, 0.6) is 0 Å². The lowest BCUT2D eigenvalue weighted by molar-refractivity contribution is 0.0600. The Balaban J connectivity index is 1.86. The van der Waals surface area contributed by atoms with Gasteiger partial charge in [0.05, 0.1) is 19.2 Å². The molecule has 0 aliphatic heterocycles. The molecule has 0 spiro atoms. The van der Waals surface area contributed by atoms with Gasteiger partial charge in [-0.25, -0.2) is 9.59 Å². The van der Waals surface area contributed by atoms with E-state index in [-0.39, 0.29) is 12.1 Å². The van der Waals surface area contributed by atoms with Crippen LogP contribution in [0.2, 0.25) is 5.02 Å². The van der Waals surface area contributed by atoms with Gasteiger partial charge in [-0.15, -0.1) is 0 Å². The standard InChI is InChI=1S/C20H16ClN3O5/c1-29-19(27)12-6-8-14(9-7-12)23-17(25)15-10-22-20(28)24(18(15)26)11-13-4-2-3-5-16(13)21/h2-10H,11H2,1H3,(H,22,28)(H,23,25). The molecule has 3 rings (SSSR count). The number of nitrogens with zero attached hydrogens (tertiary/aromatic N) is 1. The molecule has 9 heteroatoms. The van der Waals surface area contributed by atoms with Crippen molar-refractivity contribution in [1.29, 1.82) is 0 Å². The normalized spacial score (nSPS) is 10.4. The number of amides is 1. The zero-order valence-corrected chi connectivity index (χ0v) is 16.0. The molecule has 0 radical (unpaired) electrons. The SMILES string of the molecule is COC(=O)c1ccc(NC(=O)c2c[nH]c(=O)n(Cc3ccccc3Cl)c2=O)cc1. The first kappa shape index (κ1) is 20.1. The van der Waals surface area contributed by atoms with Crippen LogP contribution in [-0.2, 0) is 11.3 Å². The summed E-state index contributed by atoms with van der Waals surface area (Å²) < 4.78 is 5.51. The molecule has 0 saturated heterocycles. The van der Waals surface area contributed by atoms with Crippen molar-refractivity contribution in [3.63, 3.8) is 0 Å². The van der Waals surface area contributed by atoms with E-state index in [2.05, 4.69) is 15.0 Å². The van der Waals surface area contributed by atoms with Gasteiger partial charge in [-0.3, -0.25) is 14.2 Å². The minimum absolute atomic E-state index is 0.0806. The Morgan fingerprint density at radius 3 is 2.45 bits per heavy atom. The Hall–Kier alpha value is -3.65. The smallest absolute Gasteiger partial charge is 0.337 e. The molecule has 0 fully saturated rings. The molecule has 0 unspecified atom stereocenters. The third kappa shape index (κ3) is 4.44. The number of H-pyrrole nitrogens is 1. The molecule has 0 saturated carbocycles. The molecule has 0 atom stereocenters. The van der Waals surface area contributed by atoms with Crippen LogP contribution >= 0.6 is 11.6 Å². The number of aromatic amines is 1. The second-order valence-corrected chi connectivity index (χ2v) is 6.42. The second kappa shape index (κ2) is 8.57. The van der Waals surface area contributed by atoms with Crippen LogP contribution in [0, 0.1) is 0 Å². The van der Waals surface area contributed by atoms with Gasteiger partial charge < -0.3 is 15.0 Å². The molecule has 0 aliphatic carbocycles. The first-order chi connectivity index (χ1) is 13.9. The number of carbonyl (C=O) groups is 2. The van der Waals surface area contributed by atoms with Gasteiger partial charge in [0.15, 0.2) is 0 Å². The third-order valence-electron chi connectivity index (χ3n) is 4.16. The van der Waals surface area contributed by atoms with E-state index in [4.69, 9.17) is 11.6 Å². The lowest BCUT2D eigenvalue weighted by Crippen LogP contribution is -2.39. The summed E-state index contributed by atoms with van der Waals surface area (Å²) >= 11 is 6.09. The molecule has 0 bridgehead atoms. The van der Waals surface area contributed by atoms with Crippen molar-refractivity contribution >= 4 is 29.2 Å². The van der Waals surface area contributed by atoms with E-state index in [1.54, 1.807) is 24.3 Å². The fraction of sp³-hybridized carbons (Fsp3) is 0.100. The van der Waals surface area contributed by atoms with Crippen LogP contribution in [0.15, 0.2) is 64.3 Å². The van der Waals surface area contributed by atoms with Crippen LogP contribution in [0.25, 0.3) is 0 Å². The summed E-state index contributed by atoms with van der Waals surface area (Å²) in [6.45, 7) is -0.0806. The largest absolute Gasteiger partial charge is 0.465 e. The summed E-state index contributed by atoms with van der Waals surface area (Å²) in [7, 11) is 1.27. The van der Waals surface area contributed by atoms with Crippen molar-refractivity contribution in [2.75, 3.05) is 12.4 Å². The van der Waals surface area contributed by atoms with Gasteiger partial charge in [-0.2, -0.15) is 0 Å². The van der Waals surface area contributed by atoms with Gasteiger partial charge in [-0.05, 0) is 35.9 Å². The number of anilines is 1. The van der Waals surface area contributed by atoms with E-state index in [0.717, 1.165) is 10.8 Å². The van der Waals surface area contributed by atoms with Gasteiger partial charge in [0.25, 0.3) is 11.5 Å². The summed E-state index contributed by atoms with van der Waals surface area (Å²) in [6, 6.07) is 12.7. The summed E-state index contributed by atoms with van der Waals surface area (Å²) in [4.78, 5) is 51.2. The first-order valence-electron chi connectivity index (χ1n) is 8.46. The van der Waals surface area contributed by atoms with Gasteiger partial charge in [-0.1, -0.05) is 29.8 Å². The number of rotatable bonds is 5. The number of nitrogens with one attached hydrogen (secondary N) is 2. The Labute approximate surface area is 169 Å². The van der Waals surface area contributed by atoms with Crippen LogP contribution < -0.4 is 16.6 Å². The fourth-order valence-corrected chi connectivity index (χ4v) is 2.82. The summed E-state index contributed by atoms with van der Waals surface area (Å²) in [5, 5.41) is 2.95. The molecule has 8 nitrogen and oxygen atoms in total. The second-order valence-electron chi connectivity index (χ2n) is 6.01. The lowest BCUT2D eigenvalue weighted by atomic mass is 10.2. The number of methoxy groups -OCH3 is 1. The van der Waals surface area contributed by atoms with Crippen LogP contribution in [0.1, 0.15) is 26.3 Å². The van der Waals surface area contributed by atoms with E-state index in [9.17, 15) is 19.2 Å². The third-order valence-corrected chi connectivity index (χ3v) is 4.52. The molecule has 2 N–H and O–H groups in total. The zero-order valence-electron chi connectivity index (χ0n) is 15.3. The van der Waals surface area contributed by atoms with Crippen molar-refractivity contribution in [3.8, 4) is 0 Å². The van der Waals surface area contributed by atoms with E-state index >= 15 is 0 Å². The maximum absolute atomic E-state index is 12.7. The maximum Gasteiger partial charge on any atom is 0.337 e. The van der Waals surface area contributed by atoms with Crippen molar-refractivity contribution in [3.05, 3.63) is 97.3 Å². The molecular formula is C20H16ClN3O5. The number of esters is 1. The highest BCUT2D eigenvalue weighted by atomic mass is 35.5. The number of hydrogen-bond acceptors (Lipinski definition) is 5. The molecule has 29 heavy (non-hydrogen) atoms. The topological polar surface area (TPSA) is 110 Å². The van der Waals surface area contributed by atoms with E-state index in [1.165, 1.54) is 31.4 Å². The van der Waals surface area contributed by atoms with Crippen molar-refractivity contribution in [2.24, 2.45) is 0 Å². The number of benzene rings is 2. The fourth-order valence-electron chi connectivity index (χ4n) is 2.62. The Morgan fingerprint density at radius 1 is 1.10 bits per heavy atom. The van der Waals surface area contributed by atoms with Gasteiger partial charge in [0, 0.05) is 16.9 Å². The zero-order chi connectivity index (χ0) is 21.0. The van der Waals surface area contributed by atoms with Crippen molar-refractivity contribution in [2.45, 2.75) is 6.54 Å². The minimum Gasteiger partial charge on any atom is -0.465 e. The Bertz CT molecular complexity index is 1180. The molecular weight excluding hydrogens is 398 g/mol. The number of ether oxygens (including phenoxy) is 1. The van der Waals surface area contributed by atoms with Crippen LogP contribution in [0.4, 0.5) is 5.69 Å². The molecule has 1 heterocycles. The van der Waals surface area contributed by atoms with E-state index < -0.39 is 23.1 Å². The summed E-state index contributed by atoms with van der Waals surface area (Å²) in [5.41, 5.74) is -0.403. The van der Waals surface area contributed by atoms with Crippen LogP contribution in [-0.4, -0.2) is 28.5 Å². The summed E-state index contributed by atoms with van der Waals surface area (Å²) in [6.07, 6.45) is 1.06. The van der Waals surface area contributed by atoms with E-state index in [1.807, 2.05) is 0 Å². The number of halogens is 1. The highest BCUT2D eigenvalue weighted by molar-refractivity contribution is 6.31. The Kier molecular flexibility index (Phi) is 5.94. The van der Waals surface area contributed by atoms with Crippen molar-refractivity contribution < 1.29 is 14.3 Å².